The second-order valence-electron chi connectivity index (χ2n) is 5.72. The van der Waals surface area contributed by atoms with Gasteiger partial charge in [0.1, 0.15) is 5.82 Å². The number of rotatable bonds is 1. The van der Waals surface area contributed by atoms with Gasteiger partial charge in [0.25, 0.3) is 5.91 Å². The number of carbonyl (C=O) groups excluding carboxylic acids is 1. The fourth-order valence-electron chi connectivity index (χ4n) is 3.29. The molecule has 2 saturated heterocycles. The summed E-state index contributed by atoms with van der Waals surface area (Å²) in [5, 5.41) is 0. The van der Waals surface area contributed by atoms with Crippen LogP contribution in [0.4, 0.5) is 4.39 Å². The van der Waals surface area contributed by atoms with Crippen LogP contribution in [0.5, 0.6) is 0 Å². The minimum atomic E-state index is -0.372. The van der Waals surface area contributed by atoms with Crippen LogP contribution in [0.2, 0.25) is 0 Å². The summed E-state index contributed by atoms with van der Waals surface area (Å²) in [5.41, 5.74) is 0.420. The highest BCUT2D eigenvalue weighted by atomic mass is 79.9. The van der Waals surface area contributed by atoms with E-state index in [-0.39, 0.29) is 17.8 Å². The van der Waals surface area contributed by atoms with Crippen molar-refractivity contribution in [3.8, 4) is 0 Å². The van der Waals surface area contributed by atoms with Gasteiger partial charge in [0.05, 0.1) is 5.56 Å². The van der Waals surface area contributed by atoms with Crippen molar-refractivity contribution in [2.75, 3.05) is 19.6 Å². The normalized spacial score (nSPS) is 26.6. The predicted molar refractivity (Wildman–Crippen MR) is 79.2 cm³/mol. The molecule has 0 spiro atoms. The minimum absolute atomic E-state index is 0.0737. The number of carbonyl (C=O) groups is 1. The molecule has 1 aromatic carbocycles. The molecule has 1 aromatic rings. The summed E-state index contributed by atoms with van der Waals surface area (Å²) >= 11 is 3.35. The maximum absolute atomic E-state index is 13.4. The number of halogens is 2. The number of hydrogen-bond acceptors (Lipinski definition) is 2. The third-order valence-electron chi connectivity index (χ3n) is 4.36. The topological polar surface area (TPSA) is 23.6 Å². The van der Waals surface area contributed by atoms with Crippen molar-refractivity contribution in [2.45, 2.75) is 31.8 Å². The summed E-state index contributed by atoms with van der Waals surface area (Å²) in [4.78, 5) is 17.0. The van der Waals surface area contributed by atoms with E-state index in [1.54, 1.807) is 6.07 Å². The first-order valence-corrected chi connectivity index (χ1v) is 7.85. The van der Waals surface area contributed by atoms with Crippen LogP contribution in [0.25, 0.3) is 0 Å². The second kappa shape index (κ2) is 5.45. The Hall–Kier alpha value is -0.940. The monoisotopic (exact) mass is 340 g/mol. The van der Waals surface area contributed by atoms with Gasteiger partial charge in [0, 0.05) is 29.6 Å². The van der Waals surface area contributed by atoms with Gasteiger partial charge < -0.3 is 4.90 Å². The maximum atomic E-state index is 13.4. The quantitative estimate of drug-likeness (QED) is 0.784. The zero-order chi connectivity index (χ0) is 14.3. The maximum Gasteiger partial charge on any atom is 0.255 e. The molecule has 108 valence electrons. The SMILES string of the molecule is CC1CN2CCCC2CN1C(=O)c1cc(F)ccc1Br. The molecule has 1 amide bonds. The van der Waals surface area contributed by atoms with Crippen LogP contribution in [-0.2, 0) is 0 Å². The molecular formula is C15H18BrFN2O. The van der Waals surface area contributed by atoms with Crippen molar-refractivity contribution in [1.29, 1.82) is 0 Å². The van der Waals surface area contributed by atoms with E-state index in [1.165, 1.54) is 18.6 Å². The van der Waals surface area contributed by atoms with Crippen molar-refractivity contribution in [1.82, 2.24) is 9.80 Å². The van der Waals surface area contributed by atoms with E-state index in [0.717, 1.165) is 26.1 Å². The van der Waals surface area contributed by atoms with E-state index in [2.05, 4.69) is 27.8 Å². The molecule has 20 heavy (non-hydrogen) atoms. The van der Waals surface area contributed by atoms with E-state index in [1.807, 2.05) is 4.90 Å². The van der Waals surface area contributed by atoms with Crippen LogP contribution >= 0.6 is 15.9 Å². The summed E-state index contributed by atoms with van der Waals surface area (Å²) in [5.74, 6) is -0.445. The first-order valence-electron chi connectivity index (χ1n) is 7.06. The number of benzene rings is 1. The highest BCUT2D eigenvalue weighted by Crippen LogP contribution is 2.27. The van der Waals surface area contributed by atoms with Gasteiger partial charge >= 0.3 is 0 Å². The molecule has 2 fully saturated rings. The largest absolute Gasteiger partial charge is 0.333 e. The van der Waals surface area contributed by atoms with Gasteiger partial charge in [-0.25, -0.2) is 4.39 Å². The van der Waals surface area contributed by atoms with Gasteiger partial charge in [-0.15, -0.1) is 0 Å². The van der Waals surface area contributed by atoms with Crippen LogP contribution in [-0.4, -0.2) is 47.4 Å². The molecule has 2 unspecified atom stereocenters. The van der Waals surface area contributed by atoms with Crippen LogP contribution in [0, 0.1) is 5.82 Å². The molecule has 0 aliphatic carbocycles. The van der Waals surface area contributed by atoms with Crippen molar-refractivity contribution in [3.63, 3.8) is 0 Å². The number of hydrogen-bond donors (Lipinski definition) is 0. The smallest absolute Gasteiger partial charge is 0.255 e. The van der Waals surface area contributed by atoms with Crippen molar-refractivity contribution >= 4 is 21.8 Å². The third-order valence-corrected chi connectivity index (χ3v) is 5.05. The van der Waals surface area contributed by atoms with Gasteiger partial charge in [-0.2, -0.15) is 0 Å². The lowest BCUT2D eigenvalue weighted by atomic mass is 10.1. The predicted octanol–water partition coefficient (Wildman–Crippen LogP) is 2.90. The van der Waals surface area contributed by atoms with Gasteiger partial charge in [-0.1, -0.05) is 0 Å². The Balaban J connectivity index is 1.84. The zero-order valence-electron chi connectivity index (χ0n) is 11.5. The summed E-state index contributed by atoms with van der Waals surface area (Å²) in [6.07, 6.45) is 2.36. The number of fused-ring (bicyclic) bond motifs is 1. The third kappa shape index (κ3) is 2.49. The van der Waals surface area contributed by atoms with Crippen LogP contribution in [0.15, 0.2) is 22.7 Å². The van der Waals surface area contributed by atoms with Crippen molar-refractivity contribution < 1.29 is 9.18 Å². The van der Waals surface area contributed by atoms with E-state index in [4.69, 9.17) is 0 Å². The van der Waals surface area contributed by atoms with E-state index in [0.29, 0.717) is 16.1 Å². The Morgan fingerprint density at radius 2 is 2.20 bits per heavy atom. The molecule has 5 heteroatoms. The first kappa shape index (κ1) is 14.0. The van der Waals surface area contributed by atoms with E-state index >= 15 is 0 Å². The molecule has 2 aliphatic heterocycles. The van der Waals surface area contributed by atoms with Crippen molar-refractivity contribution in [2.24, 2.45) is 0 Å². The van der Waals surface area contributed by atoms with Gasteiger partial charge in [0.2, 0.25) is 0 Å². The Morgan fingerprint density at radius 1 is 1.40 bits per heavy atom. The standard InChI is InChI=1S/C15H18BrFN2O/c1-10-8-18-6-2-3-12(18)9-19(10)15(20)13-7-11(17)4-5-14(13)16/h4-5,7,10,12H,2-3,6,8-9H2,1H3. The van der Waals surface area contributed by atoms with Gasteiger partial charge in [0.15, 0.2) is 0 Å². The molecule has 0 aromatic heterocycles. The fourth-order valence-corrected chi connectivity index (χ4v) is 3.70. The molecule has 0 bridgehead atoms. The Morgan fingerprint density at radius 3 is 3.00 bits per heavy atom. The Bertz CT molecular complexity index is 537. The molecule has 2 heterocycles. The number of piperazine rings is 1. The summed E-state index contributed by atoms with van der Waals surface area (Å²) in [6, 6.07) is 4.92. The molecule has 3 rings (SSSR count). The first-order chi connectivity index (χ1) is 9.56. The number of amides is 1. The molecule has 2 aliphatic rings. The lowest BCUT2D eigenvalue weighted by Gasteiger charge is -2.42. The van der Waals surface area contributed by atoms with E-state index < -0.39 is 0 Å². The summed E-state index contributed by atoms with van der Waals surface area (Å²) in [6.45, 7) is 4.88. The lowest BCUT2D eigenvalue weighted by molar-refractivity contribution is 0.0394. The van der Waals surface area contributed by atoms with Crippen LogP contribution in [0.3, 0.4) is 0 Å². The summed E-state index contributed by atoms with van der Waals surface area (Å²) in [7, 11) is 0. The molecule has 0 N–H and O–H groups in total. The van der Waals surface area contributed by atoms with Gasteiger partial charge in [-0.3, -0.25) is 9.69 Å². The average Bonchev–Trinajstić information content (AvgIpc) is 2.87. The molecule has 0 radical (unpaired) electrons. The Labute approximate surface area is 126 Å². The zero-order valence-corrected chi connectivity index (χ0v) is 13.1. The second-order valence-corrected chi connectivity index (χ2v) is 6.58. The lowest BCUT2D eigenvalue weighted by Crippen LogP contribution is -2.56. The Kier molecular flexibility index (Phi) is 3.82. The molecule has 0 saturated carbocycles. The van der Waals surface area contributed by atoms with Crippen molar-refractivity contribution in [3.05, 3.63) is 34.1 Å². The fraction of sp³-hybridized carbons (Fsp3) is 0.533. The van der Waals surface area contributed by atoms with Crippen LogP contribution < -0.4 is 0 Å². The summed E-state index contributed by atoms with van der Waals surface area (Å²) < 4.78 is 14.0. The average molecular weight is 341 g/mol. The van der Waals surface area contributed by atoms with Gasteiger partial charge in [-0.05, 0) is 60.4 Å². The highest BCUT2D eigenvalue weighted by Gasteiger charge is 2.37. The molecular weight excluding hydrogens is 323 g/mol. The van der Waals surface area contributed by atoms with Crippen LogP contribution in [0.1, 0.15) is 30.1 Å². The minimum Gasteiger partial charge on any atom is -0.333 e. The molecule has 2 atom stereocenters. The highest BCUT2D eigenvalue weighted by molar-refractivity contribution is 9.10. The molecule has 3 nitrogen and oxygen atoms in total. The number of nitrogens with zero attached hydrogens (tertiary/aromatic N) is 2. The van der Waals surface area contributed by atoms with E-state index in [9.17, 15) is 9.18 Å².